The van der Waals surface area contributed by atoms with Crippen LogP contribution in [0.3, 0.4) is 0 Å². The molecule has 1 saturated carbocycles. The number of ketones is 1. The van der Waals surface area contributed by atoms with Gasteiger partial charge in [-0.1, -0.05) is 13.8 Å². The number of rotatable bonds is 9. The minimum atomic E-state index is 0.0295. The average Bonchev–Trinajstić information content (AvgIpc) is 3.65. The minimum absolute atomic E-state index is 0.0295. The summed E-state index contributed by atoms with van der Waals surface area (Å²) >= 11 is 0. The average molecular weight is 463 g/mol. The first kappa shape index (κ1) is 23.4. The van der Waals surface area contributed by atoms with Gasteiger partial charge in [0.25, 0.3) is 0 Å². The van der Waals surface area contributed by atoms with Gasteiger partial charge in [0.05, 0.1) is 12.1 Å². The van der Waals surface area contributed by atoms with Crippen molar-refractivity contribution >= 4 is 17.2 Å². The van der Waals surface area contributed by atoms with Gasteiger partial charge in [-0.05, 0) is 98.0 Å². The number of likely N-dealkylation sites (tertiary alicyclic amines) is 1. The van der Waals surface area contributed by atoms with Gasteiger partial charge < -0.3 is 14.8 Å². The van der Waals surface area contributed by atoms with Crippen molar-refractivity contribution in [3.8, 4) is 5.75 Å². The lowest BCUT2D eigenvalue weighted by Gasteiger charge is -2.53. The lowest BCUT2D eigenvalue weighted by Crippen LogP contribution is -2.61. The molecule has 5 nitrogen and oxygen atoms in total. The Bertz CT molecular complexity index is 1030. The van der Waals surface area contributed by atoms with Gasteiger partial charge in [-0.2, -0.15) is 0 Å². The van der Waals surface area contributed by atoms with E-state index >= 15 is 0 Å². The van der Waals surface area contributed by atoms with E-state index in [1.165, 1.54) is 18.4 Å². The molecule has 2 bridgehead atoms. The Balaban J connectivity index is 1.32. The number of benzene rings is 2. The normalized spacial score (nSPS) is 27.2. The monoisotopic (exact) mass is 462 g/mol. The summed E-state index contributed by atoms with van der Waals surface area (Å²) in [5, 5.41) is 3.54. The van der Waals surface area contributed by atoms with E-state index in [1.54, 1.807) is 7.11 Å². The second-order valence-electron chi connectivity index (χ2n) is 10.8. The van der Waals surface area contributed by atoms with Crippen molar-refractivity contribution in [1.82, 2.24) is 4.90 Å². The summed E-state index contributed by atoms with van der Waals surface area (Å²) in [4.78, 5) is 16.1. The molecule has 0 spiro atoms. The third-order valence-corrected chi connectivity index (χ3v) is 8.36. The number of nitrogens with one attached hydrogen (secondary N) is 1. The number of carbonyl (C=O) groups is 1. The molecule has 0 radical (unpaired) electrons. The summed E-state index contributed by atoms with van der Waals surface area (Å²) in [6.07, 6.45) is 4.73. The predicted octanol–water partition coefficient (Wildman–Crippen LogP) is 5.81. The molecule has 34 heavy (non-hydrogen) atoms. The van der Waals surface area contributed by atoms with Crippen molar-refractivity contribution in [2.24, 2.45) is 11.8 Å². The number of carbonyl (C=O) groups excluding carboxylic acids is 1. The Kier molecular flexibility index (Phi) is 6.43. The van der Waals surface area contributed by atoms with Crippen LogP contribution in [0.2, 0.25) is 0 Å². The van der Waals surface area contributed by atoms with Crippen LogP contribution in [0, 0.1) is 11.8 Å². The van der Waals surface area contributed by atoms with Gasteiger partial charge in [-0.15, -0.1) is 0 Å². The van der Waals surface area contributed by atoms with Crippen LogP contribution >= 0.6 is 0 Å². The van der Waals surface area contributed by atoms with E-state index in [-0.39, 0.29) is 17.6 Å². The van der Waals surface area contributed by atoms with E-state index in [0.717, 1.165) is 54.5 Å². The quantitative estimate of drug-likeness (QED) is 0.510. The second-order valence-corrected chi connectivity index (χ2v) is 10.8. The van der Waals surface area contributed by atoms with Gasteiger partial charge in [-0.3, -0.25) is 9.69 Å². The first-order valence-corrected chi connectivity index (χ1v) is 12.8. The van der Waals surface area contributed by atoms with E-state index in [9.17, 15) is 4.79 Å². The van der Waals surface area contributed by atoms with E-state index in [2.05, 4.69) is 37.1 Å². The molecule has 182 valence electrons. The van der Waals surface area contributed by atoms with E-state index in [0.29, 0.717) is 18.3 Å². The number of nitrogens with zero attached hydrogens (tertiary/aromatic N) is 1. The van der Waals surface area contributed by atoms with Crippen LogP contribution in [0.4, 0.5) is 11.4 Å². The van der Waals surface area contributed by atoms with Crippen molar-refractivity contribution < 1.29 is 14.3 Å². The summed E-state index contributed by atoms with van der Waals surface area (Å²) < 4.78 is 11.1. The molecule has 1 heterocycles. The van der Waals surface area contributed by atoms with Gasteiger partial charge in [0.2, 0.25) is 0 Å². The van der Waals surface area contributed by atoms with Crippen LogP contribution in [0.5, 0.6) is 5.75 Å². The predicted molar refractivity (Wildman–Crippen MR) is 136 cm³/mol. The largest absolute Gasteiger partial charge is 0.491 e. The number of hydrogen-bond acceptors (Lipinski definition) is 5. The van der Waals surface area contributed by atoms with Crippen LogP contribution in [0.25, 0.3) is 0 Å². The number of Topliss-reactive ketones (excluding diaryl/α,β-unsaturated/α-hetero) is 1. The van der Waals surface area contributed by atoms with Crippen LogP contribution in [-0.2, 0) is 10.2 Å². The molecular formula is C29H38N2O3. The number of ether oxygens (including phenoxy) is 2. The van der Waals surface area contributed by atoms with Crippen LogP contribution in [0.1, 0.15) is 62.4 Å². The summed E-state index contributed by atoms with van der Waals surface area (Å²) in [6.45, 7) is 9.52. The van der Waals surface area contributed by atoms with E-state index in [1.807, 2.05) is 36.4 Å². The van der Waals surface area contributed by atoms with Gasteiger partial charge in [-0.25, -0.2) is 0 Å². The van der Waals surface area contributed by atoms with Gasteiger partial charge >= 0.3 is 0 Å². The number of methoxy groups -OCH3 is 1. The fourth-order valence-electron chi connectivity index (χ4n) is 5.84. The summed E-state index contributed by atoms with van der Waals surface area (Å²) in [5.41, 5.74) is 4.20. The molecule has 2 aromatic rings. The highest BCUT2D eigenvalue weighted by atomic mass is 16.5. The molecule has 4 atom stereocenters. The Hall–Kier alpha value is -2.37. The lowest BCUT2D eigenvalue weighted by atomic mass is 9.58. The third kappa shape index (κ3) is 4.48. The molecule has 1 N–H and O–H groups in total. The minimum Gasteiger partial charge on any atom is -0.491 e. The van der Waals surface area contributed by atoms with Crippen LogP contribution < -0.4 is 10.1 Å². The maximum absolute atomic E-state index is 13.6. The van der Waals surface area contributed by atoms with Crippen LogP contribution in [-0.4, -0.2) is 49.6 Å². The third-order valence-electron chi connectivity index (χ3n) is 8.36. The van der Waals surface area contributed by atoms with Crippen molar-refractivity contribution in [2.75, 3.05) is 32.1 Å². The summed E-state index contributed by atoms with van der Waals surface area (Å²) in [7, 11) is 1.71. The van der Waals surface area contributed by atoms with Gasteiger partial charge in [0.1, 0.15) is 5.75 Å². The highest BCUT2D eigenvalue weighted by Crippen LogP contribution is 2.50. The highest BCUT2D eigenvalue weighted by Gasteiger charge is 2.52. The Morgan fingerprint density at radius 2 is 1.88 bits per heavy atom. The van der Waals surface area contributed by atoms with E-state index in [4.69, 9.17) is 9.47 Å². The summed E-state index contributed by atoms with van der Waals surface area (Å²) in [5.74, 6) is 2.31. The topological polar surface area (TPSA) is 50.8 Å². The number of fused-ring (bicyclic) bond motifs is 4. The smallest absolute Gasteiger partial charge is 0.180 e. The molecule has 2 aliphatic carbocycles. The number of anilines is 2. The molecule has 2 aromatic carbocycles. The Morgan fingerprint density at radius 3 is 2.59 bits per heavy atom. The van der Waals surface area contributed by atoms with Crippen molar-refractivity contribution in [1.29, 1.82) is 0 Å². The maximum atomic E-state index is 13.6. The number of piperidine rings is 1. The fourth-order valence-corrected chi connectivity index (χ4v) is 5.84. The standard InChI is InChI=1S/C29H38N2O3/c1-19(13-16-33-4)34-24-10-7-22(8-11-24)30-23-9-12-25-26(17-23)29(3)14-15-31(18-21-5-6-21)27(20(29)2)28(25)32/h7-12,17,19-21,27,30H,5-6,13-16,18H2,1-4H3/t19?,20-,27?,29+/m0/s1. The zero-order chi connectivity index (χ0) is 23.9. The molecule has 2 fully saturated rings. The molecule has 5 rings (SSSR count). The van der Waals surface area contributed by atoms with Crippen molar-refractivity contribution in [3.63, 3.8) is 0 Å². The van der Waals surface area contributed by atoms with Crippen molar-refractivity contribution in [3.05, 3.63) is 53.6 Å². The molecule has 1 aliphatic heterocycles. The van der Waals surface area contributed by atoms with Crippen molar-refractivity contribution in [2.45, 2.75) is 64.0 Å². The summed E-state index contributed by atoms with van der Waals surface area (Å²) in [6, 6.07) is 14.4. The molecule has 0 aromatic heterocycles. The fraction of sp³-hybridized carbons (Fsp3) is 0.552. The first-order chi connectivity index (χ1) is 16.4. The zero-order valence-corrected chi connectivity index (χ0v) is 21.0. The molecule has 2 unspecified atom stereocenters. The number of hydrogen-bond donors (Lipinski definition) is 1. The Morgan fingerprint density at radius 1 is 1.15 bits per heavy atom. The molecule has 5 heteroatoms. The SMILES string of the molecule is COCCC(C)Oc1ccc(Nc2ccc3c(c2)[C@]2(C)CCN(CC4CC4)C(C3=O)[C@@H]2C)cc1. The highest BCUT2D eigenvalue weighted by molar-refractivity contribution is 6.04. The van der Waals surface area contributed by atoms with E-state index < -0.39 is 0 Å². The molecule has 0 amide bonds. The first-order valence-electron chi connectivity index (χ1n) is 12.8. The maximum Gasteiger partial charge on any atom is 0.180 e. The molecule has 1 saturated heterocycles. The second kappa shape index (κ2) is 9.35. The zero-order valence-electron chi connectivity index (χ0n) is 21.0. The molecule has 3 aliphatic rings. The van der Waals surface area contributed by atoms with Gasteiger partial charge in [0.15, 0.2) is 5.78 Å². The molecular weight excluding hydrogens is 424 g/mol. The lowest BCUT2D eigenvalue weighted by molar-refractivity contribution is 0.0266. The van der Waals surface area contributed by atoms with Crippen LogP contribution in [0.15, 0.2) is 42.5 Å². The van der Waals surface area contributed by atoms with Gasteiger partial charge in [0, 0.05) is 43.6 Å². The Labute approximate surface area is 203 Å².